The lowest BCUT2D eigenvalue weighted by atomic mass is 10.2. The molecule has 1 N–H and O–H groups in total. The maximum Gasteiger partial charge on any atom is 0.222 e. The van der Waals surface area contributed by atoms with Crippen LogP contribution in [0.15, 0.2) is 18.2 Å². The molecule has 1 aromatic rings. The smallest absolute Gasteiger partial charge is 0.222 e. The molecule has 5 heteroatoms. The molecular weight excluding hydrogens is 252 g/mol. The highest BCUT2D eigenvalue weighted by Crippen LogP contribution is 2.27. The topological polar surface area (TPSA) is 41.6 Å². The first-order valence-corrected chi connectivity index (χ1v) is 6.20. The number of methoxy groups -OCH3 is 1. The van der Waals surface area contributed by atoms with Crippen LogP contribution in [0.1, 0.15) is 12.8 Å². The van der Waals surface area contributed by atoms with E-state index in [1.54, 1.807) is 32.2 Å². The highest BCUT2D eigenvalue weighted by Gasteiger charge is 2.04. The summed E-state index contributed by atoms with van der Waals surface area (Å²) in [6.45, 7) is 0.740. The van der Waals surface area contributed by atoms with Crippen LogP contribution in [-0.2, 0) is 4.79 Å². The Morgan fingerprint density at radius 1 is 1.44 bits per heavy atom. The van der Waals surface area contributed by atoms with Gasteiger partial charge in [0.2, 0.25) is 5.91 Å². The van der Waals surface area contributed by atoms with E-state index in [9.17, 15) is 4.79 Å². The van der Waals surface area contributed by atoms with Gasteiger partial charge < -0.3 is 15.0 Å². The molecule has 0 aliphatic heterocycles. The summed E-state index contributed by atoms with van der Waals surface area (Å²) in [5.41, 5.74) is 0.938. The molecule has 4 nitrogen and oxygen atoms in total. The lowest BCUT2D eigenvalue weighted by Gasteiger charge is -2.11. The fraction of sp³-hybridized carbons (Fsp3) is 0.462. The van der Waals surface area contributed by atoms with E-state index in [1.165, 1.54) is 0 Å². The zero-order chi connectivity index (χ0) is 13.5. The van der Waals surface area contributed by atoms with Gasteiger partial charge in [-0.25, -0.2) is 0 Å². The maximum atomic E-state index is 11.4. The molecule has 1 aromatic carbocycles. The Bertz CT molecular complexity index is 408. The second-order valence-electron chi connectivity index (χ2n) is 4.17. The van der Waals surface area contributed by atoms with E-state index in [0.29, 0.717) is 17.2 Å². The number of anilines is 1. The van der Waals surface area contributed by atoms with Gasteiger partial charge in [0.15, 0.2) is 0 Å². The summed E-state index contributed by atoms with van der Waals surface area (Å²) < 4.78 is 5.13. The van der Waals surface area contributed by atoms with Crippen LogP contribution in [0, 0.1) is 0 Å². The first kappa shape index (κ1) is 14.6. The van der Waals surface area contributed by atoms with Crippen LogP contribution >= 0.6 is 11.6 Å². The summed E-state index contributed by atoms with van der Waals surface area (Å²) in [5, 5.41) is 3.82. The number of halogens is 1. The second kappa shape index (κ2) is 7.11. The average Bonchev–Trinajstić information content (AvgIpc) is 2.35. The van der Waals surface area contributed by atoms with Crippen LogP contribution in [0.4, 0.5) is 5.69 Å². The largest absolute Gasteiger partial charge is 0.495 e. The van der Waals surface area contributed by atoms with Crippen molar-refractivity contribution in [1.29, 1.82) is 0 Å². The zero-order valence-electron chi connectivity index (χ0n) is 11.0. The number of carbonyl (C=O) groups excluding carboxylic acids is 1. The minimum atomic E-state index is 0.144. The maximum absolute atomic E-state index is 11.4. The molecule has 0 unspecified atom stereocenters. The molecule has 0 saturated heterocycles. The summed E-state index contributed by atoms with van der Waals surface area (Å²) in [6.07, 6.45) is 1.34. The fourth-order valence-corrected chi connectivity index (χ4v) is 1.66. The molecule has 0 fully saturated rings. The van der Waals surface area contributed by atoms with E-state index in [0.717, 1.165) is 18.7 Å². The van der Waals surface area contributed by atoms with Crippen LogP contribution in [0.2, 0.25) is 5.02 Å². The third-order valence-corrected chi connectivity index (χ3v) is 2.86. The molecule has 0 heterocycles. The Kier molecular flexibility index (Phi) is 5.78. The van der Waals surface area contributed by atoms with Crippen LogP contribution in [0.5, 0.6) is 5.75 Å². The van der Waals surface area contributed by atoms with Crippen molar-refractivity contribution in [2.75, 3.05) is 33.1 Å². The second-order valence-corrected chi connectivity index (χ2v) is 4.58. The molecule has 0 aliphatic carbocycles. The van der Waals surface area contributed by atoms with Crippen molar-refractivity contribution < 1.29 is 9.53 Å². The molecule has 0 radical (unpaired) electrons. The Labute approximate surface area is 113 Å². The van der Waals surface area contributed by atoms with Crippen LogP contribution in [-0.4, -0.2) is 38.6 Å². The minimum absolute atomic E-state index is 0.144. The molecule has 0 aromatic heterocycles. The van der Waals surface area contributed by atoms with E-state index in [4.69, 9.17) is 16.3 Å². The van der Waals surface area contributed by atoms with Crippen LogP contribution in [0.3, 0.4) is 0 Å². The Balaban J connectivity index is 2.38. The van der Waals surface area contributed by atoms with E-state index < -0.39 is 0 Å². The van der Waals surface area contributed by atoms with Crippen molar-refractivity contribution in [3.8, 4) is 5.75 Å². The number of amides is 1. The molecule has 1 rings (SSSR count). The molecule has 0 aliphatic rings. The summed E-state index contributed by atoms with van der Waals surface area (Å²) in [7, 11) is 5.11. The first-order chi connectivity index (χ1) is 8.54. The quantitative estimate of drug-likeness (QED) is 0.808. The van der Waals surface area contributed by atoms with Crippen LogP contribution in [0.25, 0.3) is 0 Å². The van der Waals surface area contributed by atoms with Crippen molar-refractivity contribution >= 4 is 23.2 Å². The summed E-state index contributed by atoms with van der Waals surface area (Å²) in [5.74, 6) is 0.788. The Morgan fingerprint density at radius 2 is 2.17 bits per heavy atom. The lowest BCUT2D eigenvalue weighted by molar-refractivity contribution is -0.128. The average molecular weight is 271 g/mol. The highest BCUT2D eigenvalue weighted by atomic mass is 35.5. The summed E-state index contributed by atoms with van der Waals surface area (Å²) in [4.78, 5) is 13.0. The van der Waals surface area contributed by atoms with Crippen molar-refractivity contribution in [1.82, 2.24) is 4.90 Å². The standard InChI is InChI=1S/C13H19ClN2O2/c1-16(2)13(17)5-4-8-15-10-6-7-11(14)12(9-10)18-3/h6-7,9,15H,4-5,8H2,1-3H3. The number of carbonyl (C=O) groups is 1. The molecule has 1 amide bonds. The number of nitrogens with zero attached hydrogens (tertiary/aromatic N) is 1. The van der Waals surface area contributed by atoms with Gasteiger partial charge in [-0.2, -0.15) is 0 Å². The first-order valence-electron chi connectivity index (χ1n) is 5.82. The predicted molar refractivity (Wildman–Crippen MR) is 74.4 cm³/mol. The molecule has 0 spiro atoms. The van der Waals surface area contributed by atoms with Gasteiger partial charge in [-0.05, 0) is 18.6 Å². The number of hydrogen-bond donors (Lipinski definition) is 1. The predicted octanol–water partition coefficient (Wildman–Crippen LogP) is 2.63. The van der Waals surface area contributed by atoms with Gasteiger partial charge in [0, 0.05) is 38.8 Å². The fourth-order valence-electron chi connectivity index (χ4n) is 1.47. The van der Waals surface area contributed by atoms with Gasteiger partial charge in [-0.15, -0.1) is 0 Å². The lowest BCUT2D eigenvalue weighted by Crippen LogP contribution is -2.22. The van der Waals surface area contributed by atoms with Gasteiger partial charge in [0.1, 0.15) is 5.75 Å². The molecule has 0 atom stereocenters. The zero-order valence-corrected chi connectivity index (χ0v) is 11.8. The van der Waals surface area contributed by atoms with Gasteiger partial charge in [-0.1, -0.05) is 11.6 Å². The number of rotatable bonds is 6. The van der Waals surface area contributed by atoms with Gasteiger partial charge in [0.25, 0.3) is 0 Å². The van der Waals surface area contributed by atoms with Crippen LogP contribution < -0.4 is 10.1 Å². The van der Waals surface area contributed by atoms with E-state index in [-0.39, 0.29) is 5.91 Å². The van der Waals surface area contributed by atoms with Crippen molar-refractivity contribution in [2.45, 2.75) is 12.8 Å². The van der Waals surface area contributed by atoms with Crippen molar-refractivity contribution in [2.24, 2.45) is 0 Å². The SMILES string of the molecule is COc1cc(NCCCC(=O)N(C)C)ccc1Cl. The molecular formula is C13H19ClN2O2. The summed E-state index contributed by atoms with van der Waals surface area (Å²) in [6, 6.07) is 5.52. The summed E-state index contributed by atoms with van der Waals surface area (Å²) >= 11 is 5.93. The highest BCUT2D eigenvalue weighted by molar-refractivity contribution is 6.32. The minimum Gasteiger partial charge on any atom is -0.495 e. The number of benzene rings is 1. The third-order valence-electron chi connectivity index (χ3n) is 2.55. The Morgan fingerprint density at radius 3 is 2.78 bits per heavy atom. The third kappa shape index (κ3) is 4.45. The van der Waals surface area contributed by atoms with Gasteiger partial charge >= 0.3 is 0 Å². The van der Waals surface area contributed by atoms with Gasteiger partial charge in [-0.3, -0.25) is 4.79 Å². The van der Waals surface area contributed by atoms with E-state index in [2.05, 4.69) is 5.32 Å². The van der Waals surface area contributed by atoms with Gasteiger partial charge in [0.05, 0.1) is 12.1 Å². The molecule has 0 bridgehead atoms. The number of nitrogens with one attached hydrogen (secondary N) is 1. The van der Waals surface area contributed by atoms with Crippen molar-refractivity contribution in [3.05, 3.63) is 23.2 Å². The van der Waals surface area contributed by atoms with Crippen molar-refractivity contribution in [3.63, 3.8) is 0 Å². The van der Waals surface area contributed by atoms with E-state index in [1.807, 2.05) is 12.1 Å². The molecule has 0 saturated carbocycles. The van der Waals surface area contributed by atoms with E-state index >= 15 is 0 Å². The Hall–Kier alpha value is -1.42. The monoisotopic (exact) mass is 270 g/mol. The normalized spacial score (nSPS) is 10.0. The number of hydrogen-bond acceptors (Lipinski definition) is 3. The molecule has 100 valence electrons. The number of ether oxygens (including phenoxy) is 1. The molecule has 18 heavy (non-hydrogen) atoms.